The number of ketones is 1. The van der Waals surface area contributed by atoms with Crippen LogP contribution in [0.2, 0.25) is 0 Å². The number of amides is 1. The third kappa shape index (κ3) is 5.01. The van der Waals surface area contributed by atoms with E-state index in [4.69, 9.17) is 9.47 Å². The van der Waals surface area contributed by atoms with Crippen LogP contribution in [0.5, 0.6) is 5.75 Å². The van der Waals surface area contributed by atoms with Crippen LogP contribution in [0, 0.1) is 6.92 Å². The molecule has 1 atom stereocenters. The third-order valence-corrected chi connectivity index (χ3v) is 7.32. The Morgan fingerprint density at radius 2 is 1.79 bits per heavy atom. The topological polar surface area (TPSA) is 119 Å². The van der Waals surface area contributed by atoms with Gasteiger partial charge in [0.25, 0.3) is 5.78 Å². The number of Topliss-reactive ketones (excluding diaryl/α,β-unsaturated/α-hetero) is 1. The van der Waals surface area contributed by atoms with E-state index in [0.717, 1.165) is 16.9 Å². The van der Waals surface area contributed by atoms with Crippen molar-refractivity contribution in [3.63, 3.8) is 0 Å². The first-order valence-electron chi connectivity index (χ1n) is 11.9. The summed E-state index contributed by atoms with van der Waals surface area (Å²) in [5.74, 6) is -2.19. The molecule has 0 saturated carbocycles. The summed E-state index contributed by atoms with van der Waals surface area (Å²) in [4.78, 5) is 48.9. The average Bonchev–Trinajstić information content (AvgIpc) is 3.48. The molecular formula is C29H23N3O6S. The van der Waals surface area contributed by atoms with Crippen molar-refractivity contribution in [2.45, 2.75) is 19.6 Å². The minimum Gasteiger partial charge on any atom is -0.507 e. The molecule has 196 valence electrons. The van der Waals surface area contributed by atoms with E-state index in [1.165, 1.54) is 24.4 Å². The molecule has 9 nitrogen and oxygen atoms in total. The number of pyridine rings is 1. The van der Waals surface area contributed by atoms with Crippen molar-refractivity contribution in [3.05, 3.63) is 112 Å². The van der Waals surface area contributed by atoms with Crippen LogP contribution in [0.3, 0.4) is 0 Å². The van der Waals surface area contributed by atoms with Gasteiger partial charge in [-0.05, 0) is 42.3 Å². The van der Waals surface area contributed by atoms with Crippen LogP contribution < -0.4 is 9.64 Å². The Bertz CT molecular complexity index is 1580. The molecule has 5 rings (SSSR count). The lowest BCUT2D eigenvalue weighted by Gasteiger charge is -2.23. The van der Waals surface area contributed by atoms with Gasteiger partial charge in [0.05, 0.1) is 24.4 Å². The number of aliphatic hydroxyl groups is 1. The SMILES string of the molecule is COC(=O)c1sc(N2C(=O)C(=O)C(=C(O)c3ccncc3)C2c2cccc(OCc3ccccc3)c2)nc1C. The van der Waals surface area contributed by atoms with Crippen LogP contribution in [0.1, 0.15) is 38.1 Å². The van der Waals surface area contributed by atoms with Gasteiger partial charge in [0.2, 0.25) is 0 Å². The smallest absolute Gasteiger partial charge is 0.350 e. The Morgan fingerprint density at radius 3 is 2.51 bits per heavy atom. The van der Waals surface area contributed by atoms with E-state index in [0.29, 0.717) is 29.2 Å². The number of carbonyl (C=O) groups is 3. The van der Waals surface area contributed by atoms with E-state index < -0.39 is 23.7 Å². The minimum absolute atomic E-state index is 0.112. The van der Waals surface area contributed by atoms with Gasteiger partial charge in [0.1, 0.15) is 23.0 Å². The van der Waals surface area contributed by atoms with Crippen LogP contribution in [0.15, 0.2) is 84.7 Å². The number of thiazole rings is 1. The van der Waals surface area contributed by atoms with E-state index in [1.807, 2.05) is 30.3 Å². The molecule has 0 radical (unpaired) electrons. The molecule has 1 fully saturated rings. The van der Waals surface area contributed by atoms with Gasteiger partial charge in [-0.15, -0.1) is 0 Å². The number of methoxy groups -OCH3 is 1. The molecule has 3 heterocycles. The first-order chi connectivity index (χ1) is 18.9. The second-order valence-corrected chi connectivity index (χ2v) is 9.63. The van der Waals surface area contributed by atoms with Crippen LogP contribution in [-0.2, 0) is 20.9 Å². The number of carbonyl (C=O) groups excluding carboxylic acids is 3. The van der Waals surface area contributed by atoms with Crippen molar-refractivity contribution >= 4 is 39.9 Å². The molecule has 0 bridgehead atoms. The highest BCUT2D eigenvalue weighted by Gasteiger charge is 2.48. The van der Waals surface area contributed by atoms with E-state index in [1.54, 1.807) is 43.3 Å². The summed E-state index contributed by atoms with van der Waals surface area (Å²) in [6.45, 7) is 1.93. The second kappa shape index (κ2) is 10.9. The van der Waals surface area contributed by atoms with Gasteiger partial charge < -0.3 is 14.6 Å². The van der Waals surface area contributed by atoms with Crippen LogP contribution in [0.4, 0.5) is 5.13 Å². The Balaban J connectivity index is 1.62. The van der Waals surface area contributed by atoms with Crippen molar-refractivity contribution in [3.8, 4) is 5.75 Å². The molecule has 1 aliphatic heterocycles. The maximum atomic E-state index is 13.4. The lowest BCUT2D eigenvalue weighted by atomic mass is 9.95. The predicted molar refractivity (Wildman–Crippen MR) is 144 cm³/mol. The Labute approximate surface area is 228 Å². The summed E-state index contributed by atoms with van der Waals surface area (Å²) in [6.07, 6.45) is 2.95. The number of ether oxygens (including phenoxy) is 2. The quantitative estimate of drug-likeness (QED) is 0.153. The largest absolute Gasteiger partial charge is 0.507 e. The van der Waals surface area contributed by atoms with Crippen LogP contribution in [0.25, 0.3) is 5.76 Å². The number of hydrogen-bond acceptors (Lipinski definition) is 9. The first kappa shape index (κ1) is 25.8. The second-order valence-electron chi connectivity index (χ2n) is 8.65. The normalized spacial score (nSPS) is 16.4. The van der Waals surface area contributed by atoms with E-state index in [2.05, 4.69) is 9.97 Å². The average molecular weight is 542 g/mol. The monoisotopic (exact) mass is 541 g/mol. The van der Waals surface area contributed by atoms with Gasteiger partial charge in [-0.2, -0.15) is 0 Å². The first-order valence-corrected chi connectivity index (χ1v) is 12.7. The summed E-state index contributed by atoms with van der Waals surface area (Å²) >= 11 is 0.937. The summed E-state index contributed by atoms with van der Waals surface area (Å²) in [5.41, 5.74) is 2.06. The zero-order valence-corrected chi connectivity index (χ0v) is 21.8. The van der Waals surface area contributed by atoms with Crippen molar-refractivity contribution < 1.29 is 29.0 Å². The number of anilines is 1. The highest BCUT2D eigenvalue weighted by atomic mass is 32.1. The zero-order chi connectivity index (χ0) is 27.5. The number of nitrogens with zero attached hydrogens (tertiary/aromatic N) is 3. The molecule has 4 aromatic rings. The van der Waals surface area contributed by atoms with Crippen molar-refractivity contribution in [2.75, 3.05) is 12.0 Å². The molecule has 0 aliphatic carbocycles. The van der Waals surface area contributed by atoms with E-state index in [9.17, 15) is 19.5 Å². The fourth-order valence-electron chi connectivity index (χ4n) is 4.29. The molecule has 1 unspecified atom stereocenters. The van der Waals surface area contributed by atoms with Crippen molar-refractivity contribution in [1.29, 1.82) is 0 Å². The molecule has 2 aromatic heterocycles. The van der Waals surface area contributed by atoms with Gasteiger partial charge in [-0.3, -0.25) is 19.5 Å². The highest BCUT2D eigenvalue weighted by molar-refractivity contribution is 7.17. The van der Waals surface area contributed by atoms with Crippen LogP contribution >= 0.6 is 11.3 Å². The Hall–Kier alpha value is -4.83. The molecule has 0 spiro atoms. The molecule has 10 heteroatoms. The van der Waals surface area contributed by atoms with Gasteiger partial charge in [-0.25, -0.2) is 9.78 Å². The molecule has 39 heavy (non-hydrogen) atoms. The minimum atomic E-state index is -1.03. The number of aromatic nitrogens is 2. The standard InChI is InChI=1S/C29H23N3O6S/c1-17-26(28(36)37-2)39-29(31-17)32-23(22(25(34)27(32)35)24(33)19-11-13-30-14-12-19)20-9-6-10-21(15-20)38-16-18-7-4-3-5-8-18/h3-15,23,33H,16H2,1-2H3. The van der Waals surface area contributed by atoms with Crippen molar-refractivity contribution in [1.82, 2.24) is 9.97 Å². The fraction of sp³-hybridized carbons (Fsp3) is 0.138. The van der Waals surface area contributed by atoms with Crippen LogP contribution in [-0.4, -0.2) is 39.8 Å². The lowest BCUT2D eigenvalue weighted by molar-refractivity contribution is -0.132. The zero-order valence-electron chi connectivity index (χ0n) is 21.0. The summed E-state index contributed by atoms with van der Waals surface area (Å²) in [7, 11) is 1.25. The number of aryl methyl sites for hydroxylation is 1. The maximum absolute atomic E-state index is 13.4. The lowest BCUT2D eigenvalue weighted by Crippen LogP contribution is -2.29. The summed E-state index contributed by atoms with van der Waals surface area (Å²) in [5, 5.41) is 11.4. The molecule has 2 aromatic carbocycles. The number of esters is 1. The number of hydrogen-bond donors (Lipinski definition) is 1. The molecular weight excluding hydrogens is 518 g/mol. The molecule has 1 saturated heterocycles. The van der Waals surface area contributed by atoms with Gasteiger partial charge >= 0.3 is 11.9 Å². The number of aliphatic hydroxyl groups excluding tert-OH is 1. The highest BCUT2D eigenvalue weighted by Crippen LogP contribution is 2.44. The van der Waals surface area contributed by atoms with E-state index >= 15 is 0 Å². The summed E-state index contributed by atoms with van der Waals surface area (Å²) in [6, 6.07) is 18.7. The predicted octanol–water partition coefficient (Wildman–Crippen LogP) is 4.84. The Kier molecular flexibility index (Phi) is 7.20. The van der Waals surface area contributed by atoms with Crippen molar-refractivity contribution in [2.24, 2.45) is 0 Å². The van der Waals surface area contributed by atoms with Gasteiger partial charge in [-0.1, -0.05) is 53.8 Å². The van der Waals surface area contributed by atoms with E-state index in [-0.39, 0.29) is 21.3 Å². The maximum Gasteiger partial charge on any atom is 0.350 e. The van der Waals surface area contributed by atoms with Gasteiger partial charge in [0.15, 0.2) is 5.13 Å². The molecule has 1 amide bonds. The fourth-order valence-corrected chi connectivity index (χ4v) is 5.30. The number of rotatable bonds is 7. The molecule has 1 aliphatic rings. The summed E-state index contributed by atoms with van der Waals surface area (Å²) < 4.78 is 10.8. The number of benzene rings is 2. The van der Waals surface area contributed by atoms with Gasteiger partial charge in [0, 0.05) is 18.0 Å². The third-order valence-electron chi connectivity index (χ3n) is 6.18. The molecule has 1 N–H and O–H groups in total. The Morgan fingerprint density at radius 1 is 1.05 bits per heavy atom.